The molecule has 7 heteroatoms. The van der Waals surface area contributed by atoms with E-state index in [1.807, 2.05) is 0 Å². The number of aromatic nitrogens is 1. The number of hydrogen-bond donors (Lipinski definition) is 1. The summed E-state index contributed by atoms with van der Waals surface area (Å²) in [5.74, 6) is -2.99. The van der Waals surface area contributed by atoms with E-state index in [0.29, 0.717) is 5.56 Å². The molecule has 0 aliphatic heterocycles. The topological polar surface area (TPSA) is 68.3 Å². The minimum Gasteiger partial charge on any atom is -0.465 e. The van der Waals surface area contributed by atoms with Gasteiger partial charge in [0.15, 0.2) is 11.6 Å². The monoisotopic (exact) mass is 320 g/mol. The fourth-order valence-corrected chi connectivity index (χ4v) is 1.90. The zero-order valence-corrected chi connectivity index (χ0v) is 12.5. The number of pyridine rings is 1. The molecule has 0 bridgehead atoms. The first-order chi connectivity index (χ1) is 10.9. The van der Waals surface area contributed by atoms with Gasteiger partial charge in [-0.1, -0.05) is 6.07 Å². The lowest BCUT2D eigenvalue weighted by atomic mass is 10.1. The Kier molecular flexibility index (Phi) is 5.00. The van der Waals surface area contributed by atoms with Crippen LogP contribution in [0.25, 0.3) is 0 Å². The van der Waals surface area contributed by atoms with Gasteiger partial charge in [0, 0.05) is 6.20 Å². The molecule has 1 heterocycles. The van der Waals surface area contributed by atoms with Gasteiger partial charge in [0.1, 0.15) is 5.69 Å². The van der Waals surface area contributed by atoms with Crippen molar-refractivity contribution in [1.82, 2.24) is 10.3 Å². The molecule has 1 amide bonds. The van der Waals surface area contributed by atoms with Crippen molar-refractivity contribution >= 4 is 11.9 Å². The number of hydrogen-bond acceptors (Lipinski definition) is 4. The third-order valence-corrected chi connectivity index (χ3v) is 3.21. The lowest BCUT2D eigenvalue weighted by Crippen LogP contribution is -2.27. The van der Waals surface area contributed by atoms with Crippen LogP contribution >= 0.6 is 0 Å². The van der Waals surface area contributed by atoms with Crippen LogP contribution in [0.2, 0.25) is 0 Å². The van der Waals surface area contributed by atoms with Gasteiger partial charge in [0.05, 0.1) is 18.7 Å². The van der Waals surface area contributed by atoms with E-state index in [9.17, 15) is 18.4 Å². The lowest BCUT2D eigenvalue weighted by Gasteiger charge is -2.14. The molecule has 0 saturated heterocycles. The normalized spacial score (nSPS) is 11.7. The molecule has 1 atom stereocenters. The van der Waals surface area contributed by atoms with Gasteiger partial charge in [0.2, 0.25) is 0 Å². The molecular weight excluding hydrogens is 306 g/mol. The molecule has 2 aromatic rings. The summed E-state index contributed by atoms with van der Waals surface area (Å²) < 4.78 is 30.7. The Balaban J connectivity index is 2.08. The average Bonchev–Trinajstić information content (AvgIpc) is 2.56. The summed E-state index contributed by atoms with van der Waals surface area (Å²) in [5.41, 5.74) is 0.730. The summed E-state index contributed by atoms with van der Waals surface area (Å²) in [6.07, 6.45) is 1.23. The Bertz CT molecular complexity index is 733. The Morgan fingerprint density at radius 3 is 2.48 bits per heavy atom. The van der Waals surface area contributed by atoms with E-state index in [2.05, 4.69) is 15.0 Å². The molecule has 5 nitrogen and oxygen atoms in total. The lowest BCUT2D eigenvalue weighted by molar-refractivity contribution is 0.0599. The number of benzene rings is 1. The Morgan fingerprint density at radius 2 is 1.91 bits per heavy atom. The first kappa shape index (κ1) is 16.5. The quantitative estimate of drug-likeness (QED) is 0.879. The maximum atomic E-state index is 13.2. The third kappa shape index (κ3) is 3.88. The van der Waals surface area contributed by atoms with Crippen molar-refractivity contribution in [3.63, 3.8) is 0 Å². The van der Waals surface area contributed by atoms with Crippen LogP contribution < -0.4 is 5.32 Å². The number of amides is 1. The third-order valence-electron chi connectivity index (χ3n) is 3.21. The van der Waals surface area contributed by atoms with Crippen molar-refractivity contribution in [3.8, 4) is 0 Å². The summed E-state index contributed by atoms with van der Waals surface area (Å²) >= 11 is 0. The molecule has 0 aliphatic carbocycles. The molecule has 2 rings (SSSR count). The predicted octanol–water partition coefficient (Wildman–Crippen LogP) is 2.64. The zero-order chi connectivity index (χ0) is 17.0. The number of halogens is 2. The summed E-state index contributed by atoms with van der Waals surface area (Å²) in [6.45, 7) is 1.63. The second-order valence-electron chi connectivity index (χ2n) is 4.79. The number of methoxy groups -OCH3 is 1. The van der Waals surface area contributed by atoms with Gasteiger partial charge in [-0.3, -0.25) is 9.78 Å². The number of nitrogens with zero attached hydrogens (tertiary/aromatic N) is 1. The minimum absolute atomic E-state index is 0.0899. The number of nitrogens with one attached hydrogen (secondary N) is 1. The Hall–Kier alpha value is -2.83. The van der Waals surface area contributed by atoms with Gasteiger partial charge < -0.3 is 10.1 Å². The van der Waals surface area contributed by atoms with Crippen LogP contribution in [0, 0.1) is 11.6 Å². The van der Waals surface area contributed by atoms with Crippen LogP contribution in [0.3, 0.4) is 0 Å². The van der Waals surface area contributed by atoms with Crippen molar-refractivity contribution in [2.24, 2.45) is 0 Å². The highest BCUT2D eigenvalue weighted by Crippen LogP contribution is 2.16. The highest BCUT2D eigenvalue weighted by Gasteiger charge is 2.15. The Morgan fingerprint density at radius 1 is 1.17 bits per heavy atom. The van der Waals surface area contributed by atoms with Crippen molar-refractivity contribution in [1.29, 1.82) is 0 Å². The minimum atomic E-state index is -0.982. The van der Waals surface area contributed by atoms with E-state index in [1.54, 1.807) is 6.92 Å². The van der Waals surface area contributed by atoms with Crippen LogP contribution in [-0.2, 0) is 4.74 Å². The molecule has 120 valence electrons. The maximum Gasteiger partial charge on any atom is 0.339 e. The van der Waals surface area contributed by atoms with Gasteiger partial charge in [-0.25, -0.2) is 13.6 Å². The summed E-state index contributed by atoms with van der Waals surface area (Å²) in [4.78, 5) is 27.2. The molecule has 1 N–H and O–H groups in total. The fourth-order valence-electron chi connectivity index (χ4n) is 1.90. The number of carbonyl (C=O) groups excluding carboxylic acids is 2. The van der Waals surface area contributed by atoms with Gasteiger partial charge in [-0.15, -0.1) is 0 Å². The zero-order valence-electron chi connectivity index (χ0n) is 12.5. The van der Waals surface area contributed by atoms with E-state index >= 15 is 0 Å². The molecule has 0 radical (unpaired) electrons. The standard InChI is InChI=1S/C16H14F2N2O3/c1-9(10-3-5-12(17)13(18)7-10)20-15(21)14-6-4-11(8-19-14)16(22)23-2/h3-9H,1-2H3,(H,20,21). The molecule has 0 aliphatic rings. The van der Waals surface area contributed by atoms with Crippen molar-refractivity contribution in [2.45, 2.75) is 13.0 Å². The van der Waals surface area contributed by atoms with E-state index in [-0.39, 0.29) is 11.3 Å². The van der Waals surface area contributed by atoms with Gasteiger partial charge >= 0.3 is 5.97 Å². The van der Waals surface area contributed by atoms with Crippen LogP contribution in [-0.4, -0.2) is 24.0 Å². The molecule has 0 saturated carbocycles. The van der Waals surface area contributed by atoms with Crippen molar-refractivity contribution in [3.05, 3.63) is 65.0 Å². The first-order valence-electron chi connectivity index (χ1n) is 6.72. The van der Waals surface area contributed by atoms with Gasteiger partial charge in [-0.2, -0.15) is 0 Å². The molecule has 1 unspecified atom stereocenters. The van der Waals surface area contributed by atoms with Gasteiger partial charge in [-0.05, 0) is 36.8 Å². The van der Waals surface area contributed by atoms with Crippen LogP contribution in [0.15, 0.2) is 36.5 Å². The van der Waals surface area contributed by atoms with Crippen LogP contribution in [0.5, 0.6) is 0 Å². The second-order valence-corrected chi connectivity index (χ2v) is 4.79. The van der Waals surface area contributed by atoms with E-state index in [4.69, 9.17) is 0 Å². The van der Waals surface area contributed by atoms with Crippen LogP contribution in [0.4, 0.5) is 8.78 Å². The number of ether oxygens (including phenoxy) is 1. The van der Waals surface area contributed by atoms with E-state index in [1.165, 1.54) is 31.5 Å². The molecule has 0 spiro atoms. The summed E-state index contributed by atoms with van der Waals surface area (Å²) in [5, 5.41) is 2.62. The predicted molar refractivity (Wildman–Crippen MR) is 77.8 cm³/mol. The highest BCUT2D eigenvalue weighted by molar-refractivity contribution is 5.94. The van der Waals surface area contributed by atoms with E-state index < -0.39 is 29.6 Å². The van der Waals surface area contributed by atoms with Crippen LogP contribution in [0.1, 0.15) is 39.4 Å². The van der Waals surface area contributed by atoms with Crippen molar-refractivity contribution < 1.29 is 23.1 Å². The van der Waals surface area contributed by atoms with Gasteiger partial charge in [0.25, 0.3) is 5.91 Å². The molecular formula is C16H14F2N2O3. The highest BCUT2D eigenvalue weighted by atomic mass is 19.2. The molecule has 1 aromatic heterocycles. The smallest absolute Gasteiger partial charge is 0.339 e. The summed E-state index contributed by atoms with van der Waals surface area (Å²) in [6, 6.07) is 5.65. The second kappa shape index (κ2) is 6.95. The molecule has 23 heavy (non-hydrogen) atoms. The Labute approximate surface area is 131 Å². The summed E-state index contributed by atoms with van der Waals surface area (Å²) in [7, 11) is 1.24. The van der Waals surface area contributed by atoms with Crippen molar-refractivity contribution in [2.75, 3.05) is 7.11 Å². The molecule has 1 aromatic carbocycles. The molecule has 0 fully saturated rings. The average molecular weight is 320 g/mol. The SMILES string of the molecule is COC(=O)c1ccc(C(=O)NC(C)c2ccc(F)c(F)c2)nc1. The largest absolute Gasteiger partial charge is 0.465 e. The fraction of sp³-hybridized carbons (Fsp3) is 0.188. The number of rotatable bonds is 4. The number of carbonyl (C=O) groups is 2. The van der Waals surface area contributed by atoms with E-state index in [0.717, 1.165) is 12.1 Å². The first-order valence-corrected chi connectivity index (χ1v) is 6.72. The number of esters is 1. The maximum absolute atomic E-state index is 13.2.